The molecule has 3 heterocycles. The number of rotatable bonds is 3. The Morgan fingerprint density at radius 2 is 2.03 bits per heavy atom. The molecule has 2 atom stereocenters. The number of anilines is 2. The third-order valence-electron chi connectivity index (χ3n) is 4.57. The summed E-state index contributed by atoms with van der Waals surface area (Å²) >= 11 is 0. The molecule has 4 N–H and O–H groups in total. The van der Waals surface area contributed by atoms with Crippen molar-refractivity contribution in [3.63, 3.8) is 0 Å². The summed E-state index contributed by atoms with van der Waals surface area (Å²) < 4.78 is 13.8. The summed E-state index contributed by atoms with van der Waals surface area (Å²) in [5.74, 6) is -0.444. The van der Waals surface area contributed by atoms with Gasteiger partial charge >= 0.3 is 6.03 Å². The van der Waals surface area contributed by atoms with E-state index < -0.39 is 17.5 Å². The normalized spacial score (nSPS) is 22.3. The number of aromatic nitrogens is 2. The number of nitrogens with two attached hydrogens (primary N) is 1. The molecule has 2 amide bonds. The molecule has 2 aromatic rings. The highest BCUT2D eigenvalue weighted by Crippen LogP contribution is 2.36. The molecule has 2 unspecified atom stereocenters. The molecule has 9 nitrogen and oxygen atoms in total. The first-order chi connectivity index (χ1) is 13.8. The number of hydrogen-bond donors (Lipinski definition) is 3. The molecular formula is C19H19FN8O. The van der Waals surface area contributed by atoms with Crippen molar-refractivity contribution in [1.82, 2.24) is 15.0 Å². The Hall–Kier alpha value is -3.66. The van der Waals surface area contributed by atoms with Crippen molar-refractivity contribution in [2.24, 2.45) is 16.1 Å². The number of aryl methyl sites for hydroxylation is 1. The number of fused-ring (bicyclic) bond motifs is 1. The van der Waals surface area contributed by atoms with Crippen LogP contribution in [0.1, 0.15) is 18.1 Å². The minimum absolute atomic E-state index is 0.0781. The maximum Gasteiger partial charge on any atom is 0.326 e. The molecule has 2 aliphatic heterocycles. The van der Waals surface area contributed by atoms with Gasteiger partial charge in [-0.1, -0.05) is 17.4 Å². The van der Waals surface area contributed by atoms with Crippen LogP contribution in [-0.4, -0.2) is 32.7 Å². The van der Waals surface area contributed by atoms with Gasteiger partial charge in [0.2, 0.25) is 5.95 Å². The number of benzene rings is 1. The molecule has 4 rings (SSSR count). The van der Waals surface area contributed by atoms with Crippen molar-refractivity contribution in [3.8, 4) is 0 Å². The third-order valence-corrected chi connectivity index (χ3v) is 4.57. The lowest BCUT2D eigenvalue weighted by Gasteiger charge is -2.31. The lowest BCUT2D eigenvalue weighted by Crippen LogP contribution is -2.49. The zero-order chi connectivity index (χ0) is 20.6. The fraction of sp³-hybridized carbons (Fsp3) is 0.211. The second-order valence-corrected chi connectivity index (χ2v) is 7.02. The smallest absolute Gasteiger partial charge is 0.305 e. The van der Waals surface area contributed by atoms with Crippen LogP contribution < -0.4 is 16.4 Å². The van der Waals surface area contributed by atoms with E-state index in [0.717, 1.165) is 16.7 Å². The van der Waals surface area contributed by atoms with Crippen molar-refractivity contribution >= 4 is 23.2 Å². The zero-order valence-corrected chi connectivity index (χ0v) is 15.8. The Bertz CT molecular complexity index is 1040. The maximum absolute atomic E-state index is 13.8. The highest BCUT2D eigenvalue weighted by molar-refractivity contribution is 5.98. The molecule has 148 valence electrons. The fourth-order valence-corrected chi connectivity index (χ4v) is 3.21. The molecule has 1 aromatic heterocycles. The van der Waals surface area contributed by atoms with Gasteiger partial charge < -0.3 is 11.1 Å². The van der Waals surface area contributed by atoms with E-state index in [1.54, 1.807) is 43.5 Å². The van der Waals surface area contributed by atoms with Crippen LogP contribution in [0.25, 0.3) is 5.57 Å². The largest absolute Gasteiger partial charge is 0.326 e. The Labute approximate surface area is 166 Å². The van der Waals surface area contributed by atoms with Crippen LogP contribution in [0.5, 0.6) is 0 Å². The Kier molecular flexibility index (Phi) is 4.55. The van der Waals surface area contributed by atoms with Crippen molar-refractivity contribution in [2.75, 3.05) is 10.6 Å². The summed E-state index contributed by atoms with van der Waals surface area (Å²) in [4.78, 5) is 20.5. The molecule has 2 aliphatic rings. The summed E-state index contributed by atoms with van der Waals surface area (Å²) in [6, 6.07) is 3.53. The van der Waals surface area contributed by atoms with Gasteiger partial charge in [-0.15, -0.1) is 5.11 Å². The van der Waals surface area contributed by atoms with Gasteiger partial charge in [-0.3, -0.25) is 5.32 Å². The van der Waals surface area contributed by atoms with Gasteiger partial charge in [0.05, 0.1) is 5.69 Å². The van der Waals surface area contributed by atoms with Crippen LogP contribution in [0, 0.1) is 12.7 Å². The fourth-order valence-electron chi connectivity index (χ4n) is 3.21. The molecule has 0 saturated carbocycles. The van der Waals surface area contributed by atoms with Gasteiger partial charge in [-0.2, -0.15) is 0 Å². The summed E-state index contributed by atoms with van der Waals surface area (Å²) in [7, 11) is 0. The third kappa shape index (κ3) is 3.69. The lowest BCUT2D eigenvalue weighted by atomic mass is 9.90. The number of hydrogen-bond acceptors (Lipinski definition) is 7. The molecule has 10 heteroatoms. The first-order valence-electron chi connectivity index (χ1n) is 8.88. The standard InChI is InChI=1S/C19H19FN8O/c1-11-5-6-14(20)15(8-11)24-18(29)25-17-22-9-12(10-23-17)13-4-3-7-28-16(13)19(2,21)26-27-28/h3-10,16H,21H2,1-2H3,(H2,22,23,24,25,29). The van der Waals surface area contributed by atoms with E-state index in [1.807, 2.05) is 12.2 Å². The molecule has 0 saturated heterocycles. The maximum atomic E-state index is 13.8. The topological polar surface area (TPSA) is 121 Å². The number of urea groups is 1. The molecule has 29 heavy (non-hydrogen) atoms. The average molecular weight is 394 g/mol. The molecule has 0 aliphatic carbocycles. The molecule has 1 aromatic carbocycles. The number of amides is 2. The number of carbonyl (C=O) groups excluding carboxylic acids is 1. The Morgan fingerprint density at radius 3 is 2.79 bits per heavy atom. The monoisotopic (exact) mass is 394 g/mol. The van der Waals surface area contributed by atoms with Crippen molar-refractivity contribution in [2.45, 2.75) is 25.6 Å². The molecule has 0 fully saturated rings. The number of allylic oxidation sites excluding steroid dienone is 2. The predicted octanol–water partition coefficient (Wildman–Crippen LogP) is 3.21. The average Bonchev–Trinajstić information content (AvgIpc) is 3.00. The minimum atomic E-state index is -0.884. The Morgan fingerprint density at radius 1 is 1.28 bits per heavy atom. The predicted molar refractivity (Wildman–Crippen MR) is 106 cm³/mol. The van der Waals surface area contributed by atoms with E-state index in [-0.39, 0.29) is 17.7 Å². The summed E-state index contributed by atoms with van der Waals surface area (Å²) in [6.45, 7) is 3.59. The summed E-state index contributed by atoms with van der Waals surface area (Å²) in [6.07, 6.45) is 8.69. The van der Waals surface area contributed by atoms with Gasteiger partial charge in [0.25, 0.3) is 0 Å². The van der Waals surface area contributed by atoms with Crippen LogP contribution >= 0.6 is 0 Å². The molecular weight excluding hydrogens is 375 g/mol. The van der Waals surface area contributed by atoms with Gasteiger partial charge in [0, 0.05) is 24.2 Å². The zero-order valence-electron chi connectivity index (χ0n) is 15.8. The summed E-state index contributed by atoms with van der Waals surface area (Å²) in [5, 5.41) is 14.8. The van der Waals surface area contributed by atoms with E-state index in [2.05, 4.69) is 30.9 Å². The summed E-state index contributed by atoms with van der Waals surface area (Å²) in [5.41, 5.74) is 7.84. The van der Waals surface area contributed by atoms with Gasteiger partial charge in [-0.25, -0.2) is 24.2 Å². The molecule has 0 spiro atoms. The van der Waals surface area contributed by atoms with Crippen LogP contribution in [-0.2, 0) is 0 Å². The number of carbonyl (C=O) groups is 1. The van der Waals surface area contributed by atoms with E-state index in [0.29, 0.717) is 0 Å². The highest BCUT2D eigenvalue weighted by atomic mass is 19.1. The van der Waals surface area contributed by atoms with Crippen LogP contribution in [0.15, 0.2) is 59.3 Å². The first-order valence-corrected chi connectivity index (χ1v) is 8.88. The van der Waals surface area contributed by atoms with Crippen molar-refractivity contribution < 1.29 is 9.18 Å². The van der Waals surface area contributed by atoms with E-state index >= 15 is 0 Å². The van der Waals surface area contributed by atoms with Crippen LogP contribution in [0.2, 0.25) is 0 Å². The number of nitrogens with one attached hydrogen (secondary N) is 2. The van der Waals surface area contributed by atoms with Gasteiger partial charge in [0.15, 0.2) is 5.66 Å². The highest BCUT2D eigenvalue weighted by Gasteiger charge is 2.43. The SMILES string of the molecule is Cc1ccc(F)c(NC(=O)Nc2ncc(C3=CC=CN4N=NC(C)(N)C34)cn2)c1. The van der Waals surface area contributed by atoms with Gasteiger partial charge in [0.1, 0.15) is 11.9 Å². The second-order valence-electron chi connectivity index (χ2n) is 7.02. The van der Waals surface area contributed by atoms with Crippen molar-refractivity contribution in [3.05, 3.63) is 65.9 Å². The van der Waals surface area contributed by atoms with E-state index in [1.165, 1.54) is 12.1 Å². The quantitative estimate of drug-likeness (QED) is 0.738. The first kappa shape index (κ1) is 18.7. The van der Waals surface area contributed by atoms with Crippen LogP contribution in [0.4, 0.5) is 20.8 Å². The Balaban J connectivity index is 1.47. The minimum Gasteiger partial charge on any atom is -0.305 e. The van der Waals surface area contributed by atoms with E-state index in [4.69, 9.17) is 5.73 Å². The number of halogens is 1. The van der Waals surface area contributed by atoms with E-state index in [9.17, 15) is 9.18 Å². The second kappa shape index (κ2) is 7.06. The van der Waals surface area contributed by atoms with Gasteiger partial charge in [-0.05, 0) is 43.2 Å². The molecule has 0 radical (unpaired) electrons. The van der Waals surface area contributed by atoms with Crippen molar-refractivity contribution in [1.29, 1.82) is 0 Å². The lowest BCUT2D eigenvalue weighted by molar-refractivity contribution is 0.262. The number of nitrogens with zero attached hydrogens (tertiary/aromatic N) is 5. The molecule has 0 bridgehead atoms. The van der Waals surface area contributed by atoms with Crippen LogP contribution in [0.3, 0.4) is 0 Å².